The second-order valence-corrected chi connectivity index (χ2v) is 8.84. The Bertz CT molecular complexity index is 1030. The van der Waals surface area contributed by atoms with Gasteiger partial charge in [0.2, 0.25) is 0 Å². The summed E-state index contributed by atoms with van der Waals surface area (Å²) in [7, 11) is 2.03. The Morgan fingerprint density at radius 2 is 1.65 bits per heavy atom. The van der Waals surface area contributed by atoms with Gasteiger partial charge < -0.3 is 10.1 Å². The van der Waals surface area contributed by atoms with Crippen LogP contribution in [0.15, 0.2) is 18.2 Å². The molecule has 1 aromatic heterocycles. The summed E-state index contributed by atoms with van der Waals surface area (Å²) in [6, 6.07) is 2.58. The van der Waals surface area contributed by atoms with Gasteiger partial charge in [0.25, 0.3) is 11.5 Å². The Morgan fingerprint density at radius 3 is 2.06 bits per heavy atom. The van der Waals surface area contributed by atoms with E-state index in [0.29, 0.717) is 31.0 Å². The number of amides is 1. The Hall–Kier alpha value is -2.56. The van der Waals surface area contributed by atoms with Crippen molar-refractivity contribution in [3.8, 4) is 0 Å². The molecule has 11 heteroatoms. The van der Waals surface area contributed by atoms with Gasteiger partial charge in [0, 0.05) is 31.1 Å². The topological polar surface area (TPSA) is 56.1 Å². The molecule has 0 spiro atoms. The smallest absolute Gasteiger partial charge is 0.357 e. The quantitative estimate of drug-likeness (QED) is 0.454. The minimum Gasteiger partial charge on any atom is -0.357 e. The van der Waals surface area contributed by atoms with Gasteiger partial charge in [-0.3, -0.25) is 9.48 Å². The summed E-state index contributed by atoms with van der Waals surface area (Å²) in [4.78, 5) is 13.0. The predicted molar refractivity (Wildman–Crippen MR) is 116 cm³/mol. The van der Waals surface area contributed by atoms with Crippen LogP contribution in [0.5, 0.6) is 0 Å². The Morgan fingerprint density at radius 1 is 1.09 bits per heavy atom. The summed E-state index contributed by atoms with van der Waals surface area (Å²) in [5.74, 6) is -0.914. The number of carbonyl (C=O) groups is 1. The molecule has 34 heavy (non-hydrogen) atoms. The van der Waals surface area contributed by atoms with Gasteiger partial charge in [0.1, 0.15) is 0 Å². The lowest BCUT2D eigenvalue weighted by Gasteiger charge is -2.37. The molecule has 1 atom stereocenters. The van der Waals surface area contributed by atoms with Crippen molar-refractivity contribution in [3.63, 3.8) is 0 Å². The zero-order chi connectivity index (χ0) is 26.2. The highest BCUT2D eigenvalue weighted by atomic mass is 19.4. The van der Waals surface area contributed by atoms with Crippen molar-refractivity contribution in [2.75, 3.05) is 12.4 Å². The van der Waals surface area contributed by atoms with Crippen molar-refractivity contribution in [3.05, 3.63) is 46.3 Å². The lowest BCUT2D eigenvalue weighted by molar-refractivity contribution is -0.383. The molecular weight excluding hydrogens is 464 g/mol. The molecule has 0 aliphatic heterocycles. The number of aromatic nitrogens is 2. The first-order chi connectivity index (χ1) is 15.5. The number of rotatable bonds is 7. The normalized spacial score (nSPS) is 13.9. The second-order valence-electron chi connectivity index (χ2n) is 8.84. The van der Waals surface area contributed by atoms with Gasteiger partial charge in [0.15, 0.2) is 0 Å². The Kier molecular flexibility index (Phi) is 7.81. The zero-order valence-electron chi connectivity index (χ0n) is 20.1. The van der Waals surface area contributed by atoms with Crippen LogP contribution in [0.1, 0.15) is 66.0 Å². The molecule has 190 valence electrons. The van der Waals surface area contributed by atoms with Crippen LogP contribution in [0.25, 0.3) is 0 Å². The van der Waals surface area contributed by atoms with E-state index in [1.165, 1.54) is 4.68 Å². The van der Waals surface area contributed by atoms with Crippen LogP contribution >= 0.6 is 0 Å². The monoisotopic (exact) mass is 493 g/mol. The fraction of sp³-hybridized carbons (Fsp3) is 0.565. The number of aryl methyl sites for hydroxylation is 2. The largest absolute Gasteiger partial charge is 0.430 e. The molecule has 0 aliphatic carbocycles. The standard InChI is InChI=1S/C23H29F6N3O2/c1-12(2)10-13(3)17-11-16(21(34-7,22(24,25)26)23(27,28)29)8-9-18(17)30-20(33)19-14(4)31-32(6)15(19)5/h8-9,11-13H,10H2,1-7H3,(H,30,33). The van der Waals surface area contributed by atoms with Gasteiger partial charge in [-0.1, -0.05) is 26.8 Å². The number of hydrogen-bond donors (Lipinski definition) is 1. The number of methoxy groups -OCH3 is 1. The number of anilines is 1. The average molecular weight is 493 g/mol. The number of nitrogens with one attached hydrogen (secondary N) is 1. The molecule has 1 unspecified atom stereocenters. The maximum Gasteiger partial charge on any atom is 0.430 e. The first kappa shape index (κ1) is 27.7. The minimum atomic E-state index is -5.77. The fourth-order valence-corrected chi connectivity index (χ4v) is 4.26. The van der Waals surface area contributed by atoms with E-state index in [4.69, 9.17) is 0 Å². The molecule has 2 rings (SSSR count). The molecule has 0 saturated carbocycles. The minimum absolute atomic E-state index is 0.0995. The van der Waals surface area contributed by atoms with Gasteiger partial charge in [-0.2, -0.15) is 31.4 Å². The number of benzene rings is 1. The van der Waals surface area contributed by atoms with E-state index in [1.54, 1.807) is 27.8 Å². The number of halogens is 6. The first-order valence-corrected chi connectivity index (χ1v) is 10.6. The van der Waals surface area contributed by atoms with Crippen LogP contribution in [0, 0.1) is 19.8 Å². The van der Waals surface area contributed by atoms with Crippen LogP contribution in [-0.2, 0) is 17.4 Å². The molecular formula is C23H29F6N3O2. The number of carbonyl (C=O) groups excluding carboxylic acids is 1. The van der Waals surface area contributed by atoms with Gasteiger partial charge in [-0.25, -0.2) is 0 Å². The molecule has 0 radical (unpaired) electrons. The number of nitrogens with zero attached hydrogens (tertiary/aromatic N) is 2. The van der Waals surface area contributed by atoms with Crippen molar-refractivity contribution >= 4 is 11.6 Å². The highest BCUT2D eigenvalue weighted by Crippen LogP contribution is 2.53. The molecule has 5 nitrogen and oxygen atoms in total. The number of ether oxygens (including phenoxy) is 1. The SMILES string of the molecule is COC(c1ccc(NC(=O)c2c(C)nn(C)c2C)c(C(C)CC(C)C)c1)(C(F)(F)F)C(F)(F)F. The third kappa shape index (κ3) is 4.94. The predicted octanol–water partition coefficient (Wildman–Crippen LogP) is 6.41. The highest BCUT2D eigenvalue weighted by molar-refractivity contribution is 6.06. The summed E-state index contributed by atoms with van der Waals surface area (Å²) < 4.78 is 88.5. The van der Waals surface area contributed by atoms with Crippen molar-refractivity contribution < 1.29 is 35.9 Å². The van der Waals surface area contributed by atoms with Gasteiger partial charge in [0.05, 0.1) is 11.3 Å². The maximum absolute atomic E-state index is 13.8. The third-order valence-electron chi connectivity index (χ3n) is 5.90. The molecule has 0 aliphatic rings. The Labute approximate surface area is 194 Å². The zero-order valence-corrected chi connectivity index (χ0v) is 20.1. The summed E-state index contributed by atoms with van der Waals surface area (Å²) >= 11 is 0. The first-order valence-electron chi connectivity index (χ1n) is 10.6. The summed E-state index contributed by atoms with van der Waals surface area (Å²) in [6.07, 6.45) is -11.1. The molecule has 1 amide bonds. The van der Waals surface area contributed by atoms with Crippen LogP contribution in [0.3, 0.4) is 0 Å². The fourth-order valence-electron chi connectivity index (χ4n) is 4.26. The Balaban J connectivity index is 2.69. The van der Waals surface area contributed by atoms with Crippen molar-refractivity contribution in [1.82, 2.24) is 9.78 Å². The van der Waals surface area contributed by atoms with E-state index < -0.39 is 35.3 Å². The molecule has 1 N–H and O–H groups in total. The van der Waals surface area contributed by atoms with E-state index in [1.807, 2.05) is 13.8 Å². The van der Waals surface area contributed by atoms with E-state index in [-0.39, 0.29) is 22.7 Å². The van der Waals surface area contributed by atoms with Crippen LogP contribution in [0.4, 0.5) is 32.0 Å². The number of hydrogen-bond acceptors (Lipinski definition) is 3. The van der Waals surface area contributed by atoms with Crippen LogP contribution in [-0.4, -0.2) is 35.2 Å². The van der Waals surface area contributed by atoms with Gasteiger partial charge in [-0.15, -0.1) is 0 Å². The van der Waals surface area contributed by atoms with Crippen LogP contribution < -0.4 is 5.32 Å². The lowest BCUT2D eigenvalue weighted by atomic mass is 9.85. The molecule has 1 heterocycles. The third-order valence-corrected chi connectivity index (χ3v) is 5.90. The lowest BCUT2D eigenvalue weighted by Crippen LogP contribution is -2.55. The highest BCUT2D eigenvalue weighted by Gasteiger charge is 2.73. The maximum atomic E-state index is 13.8. The second kappa shape index (κ2) is 9.59. The van der Waals surface area contributed by atoms with Crippen molar-refractivity contribution in [2.24, 2.45) is 13.0 Å². The summed E-state index contributed by atoms with van der Waals surface area (Å²) in [6.45, 7) is 8.76. The summed E-state index contributed by atoms with van der Waals surface area (Å²) in [5.41, 5.74) is -4.05. The van der Waals surface area contributed by atoms with Crippen molar-refractivity contribution in [1.29, 1.82) is 0 Å². The van der Waals surface area contributed by atoms with E-state index in [9.17, 15) is 31.1 Å². The molecule has 1 aromatic carbocycles. The van der Waals surface area contributed by atoms with Gasteiger partial charge >= 0.3 is 12.4 Å². The molecule has 0 bridgehead atoms. The van der Waals surface area contributed by atoms with E-state index in [2.05, 4.69) is 15.2 Å². The molecule has 0 fully saturated rings. The molecule has 2 aromatic rings. The molecule has 0 saturated heterocycles. The summed E-state index contributed by atoms with van der Waals surface area (Å²) in [5, 5.41) is 6.83. The van der Waals surface area contributed by atoms with Gasteiger partial charge in [-0.05, 0) is 49.8 Å². The van der Waals surface area contributed by atoms with Crippen molar-refractivity contribution in [2.45, 2.75) is 64.9 Å². The van der Waals surface area contributed by atoms with Crippen LogP contribution in [0.2, 0.25) is 0 Å². The van der Waals surface area contributed by atoms with E-state index in [0.717, 1.165) is 12.1 Å². The van der Waals surface area contributed by atoms with E-state index >= 15 is 0 Å². The number of alkyl halides is 6. The average Bonchev–Trinajstić information content (AvgIpc) is 2.92.